The van der Waals surface area contributed by atoms with Gasteiger partial charge in [0.05, 0.1) is 11.8 Å². The normalized spacial score (nSPS) is 12.5. The average molecular weight is 282 g/mol. The lowest BCUT2D eigenvalue weighted by atomic mass is 10.0. The van der Waals surface area contributed by atoms with Crippen molar-refractivity contribution in [3.8, 4) is 0 Å². The fourth-order valence-corrected chi connectivity index (χ4v) is 1.93. The van der Waals surface area contributed by atoms with E-state index < -0.39 is 0 Å². The van der Waals surface area contributed by atoms with Crippen LogP contribution in [0.1, 0.15) is 38.4 Å². The number of carbonyl (C=O) groups is 1. The second-order valence-corrected chi connectivity index (χ2v) is 5.34. The minimum Gasteiger partial charge on any atom is -0.393 e. The highest BCUT2D eigenvalue weighted by Gasteiger charge is 2.10. The van der Waals surface area contributed by atoms with Crippen LogP contribution in [0.4, 0.5) is 4.79 Å². The van der Waals surface area contributed by atoms with Crippen LogP contribution in [0.5, 0.6) is 0 Å². The number of rotatable bonds is 7. The summed E-state index contributed by atoms with van der Waals surface area (Å²) in [6.07, 6.45) is 2.96. The Labute approximate surface area is 120 Å². The van der Waals surface area contributed by atoms with Crippen LogP contribution in [0.2, 0.25) is 0 Å². The zero-order chi connectivity index (χ0) is 15.1. The maximum absolute atomic E-state index is 11.6. The Kier molecular flexibility index (Phi) is 6.51. The van der Waals surface area contributed by atoms with Crippen molar-refractivity contribution in [2.24, 2.45) is 13.0 Å². The highest BCUT2D eigenvalue weighted by molar-refractivity contribution is 5.73. The standard InChI is InChI=1S/C14H26N4O2/c1-5-12-11(9-18(4)17-12)8-16-14(20)15-7-6-13(19)10(2)3/h9-10,13,19H,5-8H2,1-4H3,(H2,15,16,20). The van der Waals surface area contributed by atoms with E-state index in [1.54, 1.807) is 4.68 Å². The zero-order valence-corrected chi connectivity index (χ0v) is 12.8. The first-order valence-corrected chi connectivity index (χ1v) is 7.15. The summed E-state index contributed by atoms with van der Waals surface area (Å²) < 4.78 is 1.76. The maximum atomic E-state index is 11.6. The summed E-state index contributed by atoms with van der Waals surface area (Å²) in [6, 6.07) is -0.216. The van der Waals surface area contributed by atoms with Crippen molar-refractivity contribution in [1.29, 1.82) is 0 Å². The zero-order valence-electron chi connectivity index (χ0n) is 12.8. The lowest BCUT2D eigenvalue weighted by molar-refractivity contribution is 0.116. The van der Waals surface area contributed by atoms with Crippen molar-refractivity contribution in [2.75, 3.05) is 6.54 Å². The van der Waals surface area contributed by atoms with E-state index in [1.165, 1.54) is 0 Å². The summed E-state index contributed by atoms with van der Waals surface area (Å²) in [5, 5.41) is 19.5. The molecular weight excluding hydrogens is 256 g/mol. The van der Waals surface area contributed by atoms with Gasteiger partial charge in [-0.1, -0.05) is 20.8 Å². The Morgan fingerprint density at radius 1 is 1.45 bits per heavy atom. The van der Waals surface area contributed by atoms with Gasteiger partial charge in [0.15, 0.2) is 0 Å². The first-order valence-electron chi connectivity index (χ1n) is 7.15. The molecular formula is C14H26N4O2. The highest BCUT2D eigenvalue weighted by atomic mass is 16.3. The third-order valence-corrected chi connectivity index (χ3v) is 3.26. The van der Waals surface area contributed by atoms with Crippen molar-refractivity contribution in [3.63, 3.8) is 0 Å². The second-order valence-electron chi connectivity index (χ2n) is 5.34. The van der Waals surface area contributed by atoms with Gasteiger partial charge in [0, 0.05) is 31.9 Å². The Bertz CT molecular complexity index is 429. The molecule has 6 nitrogen and oxygen atoms in total. The molecule has 1 heterocycles. The number of aryl methyl sites for hydroxylation is 2. The van der Waals surface area contributed by atoms with Crippen molar-refractivity contribution < 1.29 is 9.90 Å². The minimum absolute atomic E-state index is 0.211. The maximum Gasteiger partial charge on any atom is 0.315 e. The van der Waals surface area contributed by atoms with E-state index in [4.69, 9.17) is 0 Å². The SMILES string of the molecule is CCc1nn(C)cc1CNC(=O)NCCC(O)C(C)C. The molecule has 0 fully saturated rings. The molecule has 2 amide bonds. The highest BCUT2D eigenvalue weighted by Crippen LogP contribution is 2.06. The summed E-state index contributed by atoms with van der Waals surface area (Å²) in [7, 11) is 1.87. The predicted octanol–water partition coefficient (Wildman–Crippen LogP) is 1.19. The number of nitrogens with zero attached hydrogens (tertiary/aromatic N) is 2. The minimum atomic E-state index is -0.375. The van der Waals surface area contributed by atoms with Crippen LogP contribution < -0.4 is 10.6 Å². The summed E-state index contributed by atoms with van der Waals surface area (Å²) in [4.78, 5) is 11.6. The van der Waals surface area contributed by atoms with Crippen LogP contribution in [0.25, 0.3) is 0 Å². The van der Waals surface area contributed by atoms with Gasteiger partial charge in [-0.25, -0.2) is 4.79 Å². The molecule has 0 saturated heterocycles. The predicted molar refractivity (Wildman–Crippen MR) is 78.3 cm³/mol. The second kappa shape index (κ2) is 7.89. The molecule has 0 radical (unpaired) electrons. The van der Waals surface area contributed by atoms with Gasteiger partial charge in [0.2, 0.25) is 0 Å². The molecule has 1 atom stereocenters. The van der Waals surface area contributed by atoms with Crippen LogP contribution in [-0.4, -0.2) is 33.6 Å². The third-order valence-electron chi connectivity index (χ3n) is 3.26. The largest absolute Gasteiger partial charge is 0.393 e. The van der Waals surface area contributed by atoms with Crippen molar-refractivity contribution in [3.05, 3.63) is 17.5 Å². The molecule has 1 aromatic heterocycles. The average Bonchev–Trinajstić information content (AvgIpc) is 2.76. The molecule has 0 bridgehead atoms. The molecule has 0 saturated carbocycles. The molecule has 3 N–H and O–H groups in total. The molecule has 114 valence electrons. The van der Waals surface area contributed by atoms with Crippen LogP contribution in [0.15, 0.2) is 6.20 Å². The van der Waals surface area contributed by atoms with Crippen LogP contribution in [-0.2, 0) is 20.0 Å². The van der Waals surface area contributed by atoms with Gasteiger partial charge in [0.1, 0.15) is 0 Å². The summed E-state index contributed by atoms with van der Waals surface area (Å²) >= 11 is 0. The topological polar surface area (TPSA) is 79.2 Å². The van der Waals surface area contributed by atoms with E-state index >= 15 is 0 Å². The number of aromatic nitrogens is 2. The first kappa shape index (κ1) is 16.5. The van der Waals surface area contributed by atoms with Gasteiger partial charge in [0.25, 0.3) is 0 Å². The van der Waals surface area contributed by atoms with Gasteiger partial charge in [-0.05, 0) is 18.8 Å². The summed E-state index contributed by atoms with van der Waals surface area (Å²) in [6.45, 7) is 6.90. The third kappa shape index (κ3) is 5.21. The quantitative estimate of drug-likeness (QED) is 0.703. The van der Waals surface area contributed by atoms with E-state index in [-0.39, 0.29) is 18.1 Å². The molecule has 0 spiro atoms. The fraction of sp³-hybridized carbons (Fsp3) is 0.714. The number of hydrogen-bond donors (Lipinski definition) is 3. The molecule has 1 rings (SSSR count). The summed E-state index contributed by atoms with van der Waals surface area (Å²) in [5.74, 6) is 0.211. The smallest absolute Gasteiger partial charge is 0.315 e. The van der Waals surface area contributed by atoms with Gasteiger partial charge in [-0.3, -0.25) is 4.68 Å². The van der Waals surface area contributed by atoms with Gasteiger partial charge >= 0.3 is 6.03 Å². The Balaban J connectivity index is 2.29. The molecule has 0 aliphatic carbocycles. The summed E-state index contributed by atoms with van der Waals surface area (Å²) in [5.41, 5.74) is 2.04. The Morgan fingerprint density at radius 2 is 2.15 bits per heavy atom. The number of hydrogen-bond acceptors (Lipinski definition) is 3. The van der Waals surface area contributed by atoms with E-state index in [9.17, 15) is 9.90 Å². The first-order chi connectivity index (χ1) is 9.43. The van der Waals surface area contributed by atoms with E-state index in [0.717, 1.165) is 17.7 Å². The van der Waals surface area contributed by atoms with Crippen molar-refractivity contribution in [2.45, 2.75) is 46.3 Å². The monoisotopic (exact) mass is 282 g/mol. The van der Waals surface area contributed by atoms with Gasteiger partial charge in [-0.2, -0.15) is 5.10 Å². The lowest BCUT2D eigenvalue weighted by Crippen LogP contribution is -2.37. The number of aliphatic hydroxyl groups is 1. The van der Waals surface area contributed by atoms with Gasteiger partial charge < -0.3 is 15.7 Å². The van der Waals surface area contributed by atoms with Crippen molar-refractivity contribution >= 4 is 6.03 Å². The number of carbonyl (C=O) groups excluding carboxylic acids is 1. The van der Waals surface area contributed by atoms with E-state index in [2.05, 4.69) is 15.7 Å². The van der Waals surface area contributed by atoms with Crippen LogP contribution in [0, 0.1) is 5.92 Å². The molecule has 1 aromatic rings. The molecule has 0 aromatic carbocycles. The Hall–Kier alpha value is -1.56. The molecule has 0 aliphatic heterocycles. The van der Waals surface area contributed by atoms with E-state index in [1.807, 2.05) is 34.0 Å². The number of aliphatic hydroxyl groups excluding tert-OH is 1. The van der Waals surface area contributed by atoms with Gasteiger partial charge in [-0.15, -0.1) is 0 Å². The number of nitrogens with one attached hydrogen (secondary N) is 2. The fourth-order valence-electron chi connectivity index (χ4n) is 1.93. The molecule has 20 heavy (non-hydrogen) atoms. The van der Waals surface area contributed by atoms with Crippen molar-refractivity contribution in [1.82, 2.24) is 20.4 Å². The molecule has 1 unspecified atom stereocenters. The van der Waals surface area contributed by atoms with E-state index in [0.29, 0.717) is 19.5 Å². The molecule has 6 heteroatoms. The molecule has 0 aliphatic rings. The number of urea groups is 1. The number of amides is 2. The lowest BCUT2D eigenvalue weighted by Gasteiger charge is -2.14. The Morgan fingerprint density at radius 3 is 2.75 bits per heavy atom. The van der Waals surface area contributed by atoms with Crippen LogP contribution >= 0.6 is 0 Å². The van der Waals surface area contributed by atoms with Crippen LogP contribution in [0.3, 0.4) is 0 Å².